The van der Waals surface area contributed by atoms with E-state index in [1.165, 1.54) is 24.3 Å². The number of morpholine rings is 1. The van der Waals surface area contributed by atoms with Crippen molar-refractivity contribution in [2.45, 2.75) is 18.5 Å². The number of amides is 2. The van der Waals surface area contributed by atoms with Crippen LogP contribution in [0.2, 0.25) is 5.15 Å². The largest absolute Gasteiger partial charge is 0.377 e. The molecule has 1 aromatic carbocycles. The molecule has 2 amide bonds. The fourth-order valence-corrected chi connectivity index (χ4v) is 3.51. The smallest absolute Gasteiger partial charge is 0.260 e. The van der Waals surface area contributed by atoms with Crippen LogP contribution in [0.1, 0.15) is 22.0 Å². The topological polar surface area (TPSA) is 85.5 Å². The number of carbonyl (C=O) groups excluding carboxylic acids is 2. The van der Waals surface area contributed by atoms with Crippen molar-refractivity contribution in [2.24, 2.45) is 5.73 Å². The Morgan fingerprint density at radius 2 is 2.03 bits per heavy atom. The van der Waals surface area contributed by atoms with Gasteiger partial charge in [-0.05, 0) is 42.0 Å². The van der Waals surface area contributed by atoms with E-state index in [9.17, 15) is 22.8 Å². The molecule has 30 heavy (non-hydrogen) atoms. The molecule has 1 unspecified atom stereocenters. The highest BCUT2D eigenvalue weighted by molar-refractivity contribution is 6.29. The first kappa shape index (κ1) is 21.8. The van der Waals surface area contributed by atoms with Gasteiger partial charge in [-0.25, -0.2) is 18.2 Å². The molecule has 6 nitrogen and oxygen atoms in total. The molecule has 0 aliphatic carbocycles. The summed E-state index contributed by atoms with van der Waals surface area (Å²) in [6, 6.07) is 4.24. The van der Waals surface area contributed by atoms with Gasteiger partial charge in [-0.1, -0.05) is 18.2 Å². The van der Waals surface area contributed by atoms with Gasteiger partial charge in [-0.15, -0.1) is 0 Å². The van der Waals surface area contributed by atoms with Crippen molar-refractivity contribution >= 4 is 23.4 Å². The first-order chi connectivity index (χ1) is 14.2. The van der Waals surface area contributed by atoms with Gasteiger partial charge in [0, 0.05) is 5.56 Å². The van der Waals surface area contributed by atoms with E-state index >= 15 is 0 Å². The Hall–Kier alpha value is -2.91. The number of hydrogen-bond acceptors (Lipinski definition) is 4. The Morgan fingerprint density at radius 1 is 1.30 bits per heavy atom. The van der Waals surface area contributed by atoms with Crippen LogP contribution in [-0.4, -0.2) is 47.4 Å². The van der Waals surface area contributed by atoms with Gasteiger partial charge in [0.15, 0.2) is 0 Å². The lowest BCUT2D eigenvalue weighted by Crippen LogP contribution is -2.53. The van der Waals surface area contributed by atoms with E-state index in [0.717, 1.165) is 17.0 Å². The minimum Gasteiger partial charge on any atom is -0.377 e. The molecule has 0 spiro atoms. The predicted molar refractivity (Wildman–Crippen MR) is 104 cm³/mol. The molecule has 1 aromatic heterocycles. The third kappa shape index (κ3) is 4.31. The molecule has 10 heteroatoms. The van der Waals surface area contributed by atoms with Crippen LogP contribution >= 0.6 is 11.6 Å². The number of alkyl halides is 2. The van der Waals surface area contributed by atoms with Gasteiger partial charge < -0.3 is 15.4 Å². The molecule has 0 saturated carbocycles. The molecular weight excluding hydrogens is 423 g/mol. The summed E-state index contributed by atoms with van der Waals surface area (Å²) in [7, 11) is 0. The molecule has 3 rings (SSSR count). The van der Waals surface area contributed by atoms with E-state index in [0.29, 0.717) is 11.1 Å². The standard InChI is InChI=1S/C20H17ClF3N3O3/c1-2-18(28)27-15(8-30-9-16(27)19(23)24)11-6-14(26-17(21)7-11)10-3-4-13(22)12(5-10)20(25)29/h2-7,15-16,19H,1,8-9H2,(H2,25,29)/t15-,16?/m0/s1. The molecule has 1 saturated heterocycles. The van der Waals surface area contributed by atoms with Crippen LogP contribution in [0.5, 0.6) is 0 Å². The minimum absolute atomic E-state index is 0.0117. The molecule has 2 N–H and O–H groups in total. The summed E-state index contributed by atoms with van der Waals surface area (Å²) >= 11 is 6.12. The molecule has 1 aliphatic rings. The van der Waals surface area contributed by atoms with E-state index in [-0.39, 0.29) is 29.6 Å². The average molecular weight is 440 g/mol. The summed E-state index contributed by atoms with van der Waals surface area (Å²) < 4.78 is 46.1. The second kappa shape index (κ2) is 8.85. The number of primary amides is 1. The highest BCUT2D eigenvalue weighted by atomic mass is 35.5. The molecule has 2 atom stereocenters. The summed E-state index contributed by atoms with van der Waals surface area (Å²) in [5.41, 5.74) is 5.80. The Kier molecular flexibility index (Phi) is 6.42. The Bertz CT molecular complexity index is 1000. The second-order valence-corrected chi connectivity index (χ2v) is 6.96. The maximum absolute atomic E-state index is 13.8. The summed E-state index contributed by atoms with van der Waals surface area (Å²) in [4.78, 5) is 28.9. The normalized spacial score (nSPS) is 19.0. The van der Waals surface area contributed by atoms with Crippen LogP contribution < -0.4 is 5.73 Å². The number of pyridine rings is 1. The van der Waals surface area contributed by atoms with Gasteiger partial charge in [0.05, 0.1) is 30.5 Å². The average Bonchev–Trinajstić information content (AvgIpc) is 2.72. The first-order valence-corrected chi connectivity index (χ1v) is 9.18. The highest BCUT2D eigenvalue weighted by Crippen LogP contribution is 2.33. The minimum atomic E-state index is -2.83. The lowest BCUT2D eigenvalue weighted by molar-refractivity contribution is -0.151. The fourth-order valence-electron chi connectivity index (χ4n) is 3.30. The van der Waals surface area contributed by atoms with E-state index in [1.54, 1.807) is 0 Å². The summed E-state index contributed by atoms with van der Waals surface area (Å²) in [5.74, 6) is -2.43. The van der Waals surface area contributed by atoms with E-state index < -0.39 is 36.1 Å². The van der Waals surface area contributed by atoms with Crippen molar-refractivity contribution in [3.05, 3.63) is 65.1 Å². The number of nitrogens with zero attached hydrogens (tertiary/aromatic N) is 2. The second-order valence-electron chi connectivity index (χ2n) is 6.57. The third-order valence-electron chi connectivity index (χ3n) is 4.71. The Labute approximate surface area is 175 Å². The molecule has 0 bridgehead atoms. The monoisotopic (exact) mass is 439 g/mol. The number of carbonyl (C=O) groups is 2. The molecule has 158 valence electrons. The number of rotatable bonds is 5. The first-order valence-electron chi connectivity index (χ1n) is 8.80. The summed E-state index contributed by atoms with van der Waals surface area (Å²) in [6.07, 6.45) is -1.88. The van der Waals surface area contributed by atoms with Crippen molar-refractivity contribution in [3.8, 4) is 11.3 Å². The number of ether oxygens (including phenoxy) is 1. The van der Waals surface area contributed by atoms with E-state index in [1.807, 2.05) is 0 Å². The number of nitrogens with two attached hydrogens (primary N) is 1. The zero-order valence-corrected chi connectivity index (χ0v) is 16.3. The maximum atomic E-state index is 13.8. The van der Waals surface area contributed by atoms with Crippen LogP contribution in [0.25, 0.3) is 11.3 Å². The van der Waals surface area contributed by atoms with Crippen LogP contribution in [0.4, 0.5) is 13.2 Å². The van der Waals surface area contributed by atoms with Gasteiger partial charge >= 0.3 is 0 Å². The van der Waals surface area contributed by atoms with Crippen molar-refractivity contribution in [1.29, 1.82) is 0 Å². The highest BCUT2D eigenvalue weighted by Gasteiger charge is 2.40. The fraction of sp³-hybridized carbons (Fsp3) is 0.250. The molecular formula is C20H17ClF3N3O3. The van der Waals surface area contributed by atoms with Gasteiger partial charge in [0.1, 0.15) is 17.0 Å². The Balaban J connectivity index is 2.08. The quantitative estimate of drug-likeness (QED) is 0.572. The van der Waals surface area contributed by atoms with Gasteiger partial charge in [0.25, 0.3) is 12.3 Å². The van der Waals surface area contributed by atoms with Crippen molar-refractivity contribution in [1.82, 2.24) is 9.88 Å². The molecule has 1 aliphatic heterocycles. The SMILES string of the molecule is C=CC(=O)N1C(C(F)F)COC[C@H]1c1cc(Cl)nc(-c2ccc(F)c(C(N)=O)c2)c1. The molecule has 2 heterocycles. The number of aromatic nitrogens is 1. The Morgan fingerprint density at radius 3 is 2.67 bits per heavy atom. The number of halogens is 4. The van der Waals surface area contributed by atoms with Gasteiger partial charge in [0.2, 0.25) is 5.91 Å². The molecule has 2 aromatic rings. The zero-order chi connectivity index (χ0) is 22.0. The van der Waals surface area contributed by atoms with E-state index in [4.69, 9.17) is 22.1 Å². The van der Waals surface area contributed by atoms with Crippen LogP contribution in [0.3, 0.4) is 0 Å². The van der Waals surface area contributed by atoms with Crippen molar-refractivity contribution in [2.75, 3.05) is 13.2 Å². The van der Waals surface area contributed by atoms with Gasteiger partial charge in [-0.2, -0.15) is 0 Å². The van der Waals surface area contributed by atoms with Gasteiger partial charge in [-0.3, -0.25) is 9.59 Å². The zero-order valence-electron chi connectivity index (χ0n) is 15.5. The summed E-state index contributed by atoms with van der Waals surface area (Å²) in [6.45, 7) is 3.02. The van der Waals surface area contributed by atoms with Crippen molar-refractivity contribution < 1.29 is 27.5 Å². The molecule has 1 fully saturated rings. The number of hydrogen-bond donors (Lipinski definition) is 1. The molecule has 0 radical (unpaired) electrons. The van der Waals surface area contributed by atoms with Crippen LogP contribution in [-0.2, 0) is 9.53 Å². The lowest BCUT2D eigenvalue weighted by Gasteiger charge is -2.41. The van der Waals surface area contributed by atoms with Crippen molar-refractivity contribution in [3.63, 3.8) is 0 Å². The van der Waals surface area contributed by atoms with Crippen LogP contribution in [0.15, 0.2) is 43.0 Å². The van der Waals surface area contributed by atoms with Crippen LogP contribution in [0, 0.1) is 5.82 Å². The predicted octanol–water partition coefficient (Wildman–Crippen LogP) is 3.36. The summed E-state index contributed by atoms with van der Waals surface area (Å²) in [5, 5.41) is 0.0117. The van der Waals surface area contributed by atoms with E-state index in [2.05, 4.69) is 11.6 Å². The number of benzene rings is 1. The third-order valence-corrected chi connectivity index (χ3v) is 4.90. The lowest BCUT2D eigenvalue weighted by atomic mass is 9.99. The maximum Gasteiger partial charge on any atom is 0.260 e.